The molecule has 0 aliphatic rings. The molecule has 4 N–H and O–H groups in total. The lowest BCUT2D eigenvalue weighted by atomic mass is 9.79. The molecule has 0 radical (unpaired) electrons. The molecule has 0 saturated heterocycles. The van der Waals surface area contributed by atoms with Gasteiger partial charge in [0.15, 0.2) is 5.78 Å². The number of carbonyl (C=O) groups excluding carboxylic acids is 1. The molecule has 6 nitrogen and oxygen atoms in total. The SMILES string of the molecule is CCCC(C(=O)c1ccccc1)C(C)(C)N.O=C(O)/C=C\C(=O)O. The van der Waals surface area contributed by atoms with Crippen LogP contribution in [0.15, 0.2) is 42.5 Å². The van der Waals surface area contributed by atoms with Gasteiger partial charge in [-0.2, -0.15) is 0 Å². The second kappa shape index (κ2) is 10.3. The molecule has 0 saturated carbocycles. The number of hydrogen-bond donors (Lipinski definition) is 3. The summed E-state index contributed by atoms with van der Waals surface area (Å²) in [5.74, 6) is -2.45. The summed E-state index contributed by atoms with van der Waals surface area (Å²) in [4.78, 5) is 31.4. The van der Waals surface area contributed by atoms with Gasteiger partial charge >= 0.3 is 11.9 Å². The van der Waals surface area contributed by atoms with Gasteiger partial charge < -0.3 is 15.9 Å². The molecular formula is C18H25NO5. The number of carbonyl (C=O) groups is 3. The van der Waals surface area contributed by atoms with Gasteiger partial charge in [-0.1, -0.05) is 43.7 Å². The molecule has 0 spiro atoms. The average molecular weight is 335 g/mol. The summed E-state index contributed by atoms with van der Waals surface area (Å²) in [7, 11) is 0. The van der Waals surface area contributed by atoms with E-state index in [1.807, 2.05) is 44.2 Å². The van der Waals surface area contributed by atoms with Crippen LogP contribution in [0.25, 0.3) is 0 Å². The van der Waals surface area contributed by atoms with Gasteiger partial charge in [-0.05, 0) is 20.3 Å². The second-order valence-electron chi connectivity index (χ2n) is 5.90. The van der Waals surface area contributed by atoms with Crippen molar-refractivity contribution in [1.82, 2.24) is 0 Å². The highest BCUT2D eigenvalue weighted by Gasteiger charge is 2.31. The van der Waals surface area contributed by atoms with E-state index in [0.717, 1.165) is 18.4 Å². The molecule has 0 aliphatic carbocycles. The molecule has 0 amide bonds. The smallest absolute Gasteiger partial charge is 0.328 e. The molecule has 0 fully saturated rings. The van der Waals surface area contributed by atoms with E-state index in [4.69, 9.17) is 15.9 Å². The van der Waals surface area contributed by atoms with Crippen molar-refractivity contribution in [3.63, 3.8) is 0 Å². The fourth-order valence-electron chi connectivity index (χ4n) is 2.08. The molecular weight excluding hydrogens is 310 g/mol. The molecule has 6 heteroatoms. The summed E-state index contributed by atoms with van der Waals surface area (Å²) in [6.07, 6.45) is 2.94. The van der Waals surface area contributed by atoms with Crippen LogP contribution in [0.5, 0.6) is 0 Å². The van der Waals surface area contributed by atoms with Crippen molar-refractivity contribution in [1.29, 1.82) is 0 Å². The second-order valence-corrected chi connectivity index (χ2v) is 5.90. The molecule has 0 aromatic heterocycles. The zero-order valence-electron chi connectivity index (χ0n) is 14.2. The van der Waals surface area contributed by atoms with Crippen LogP contribution in [-0.2, 0) is 9.59 Å². The lowest BCUT2D eigenvalue weighted by Gasteiger charge is -2.29. The standard InChI is InChI=1S/C14H21NO.C4H4O4/c1-4-8-12(14(2,3)15)13(16)11-9-6-5-7-10-11;5-3(6)1-2-4(7)8/h5-7,9-10,12H,4,8,15H2,1-3H3;1-2H,(H,5,6)(H,7,8)/b;2-1-. The Morgan fingerprint density at radius 1 is 1.08 bits per heavy atom. The largest absolute Gasteiger partial charge is 0.478 e. The van der Waals surface area contributed by atoms with Crippen LogP contribution < -0.4 is 5.73 Å². The molecule has 1 rings (SSSR count). The fourth-order valence-corrected chi connectivity index (χ4v) is 2.08. The first-order chi connectivity index (χ1) is 11.1. The Morgan fingerprint density at radius 2 is 1.54 bits per heavy atom. The summed E-state index contributed by atoms with van der Waals surface area (Å²) in [6.45, 7) is 5.93. The lowest BCUT2D eigenvalue weighted by molar-refractivity contribution is -0.134. The predicted octanol–water partition coefficient (Wildman–Crippen LogP) is 2.73. The molecule has 132 valence electrons. The van der Waals surface area contributed by atoms with Crippen LogP contribution in [0.1, 0.15) is 44.0 Å². The van der Waals surface area contributed by atoms with Gasteiger partial charge in [-0.25, -0.2) is 9.59 Å². The van der Waals surface area contributed by atoms with E-state index in [1.165, 1.54) is 0 Å². The highest BCUT2D eigenvalue weighted by Crippen LogP contribution is 2.23. The number of nitrogens with two attached hydrogens (primary N) is 1. The number of Topliss-reactive ketones (excluding diaryl/α,β-unsaturated/α-hetero) is 1. The summed E-state index contributed by atoms with van der Waals surface area (Å²) in [5.41, 5.74) is 6.39. The van der Waals surface area contributed by atoms with Gasteiger partial charge in [0, 0.05) is 29.2 Å². The maximum atomic E-state index is 12.3. The first-order valence-corrected chi connectivity index (χ1v) is 7.61. The molecule has 1 unspecified atom stereocenters. The minimum atomic E-state index is -1.26. The summed E-state index contributed by atoms with van der Waals surface area (Å²) in [6, 6.07) is 9.41. The van der Waals surface area contributed by atoms with Crippen molar-refractivity contribution < 1.29 is 24.6 Å². The van der Waals surface area contributed by atoms with E-state index >= 15 is 0 Å². The Kier molecular flexibility index (Phi) is 9.27. The molecule has 1 atom stereocenters. The number of hydrogen-bond acceptors (Lipinski definition) is 4. The van der Waals surface area contributed by atoms with E-state index in [2.05, 4.69) is 6.92 Å². The summed E-state index contributed by atoms with van der Waals surface area (Å²) >= 11 is 0. The van der Waals surface area contributed by atoms with Crippen molar-refractivity contribution in [2.75, 3.05) is 0 Å². The minimum absolute atomic E-state index is 0.0973. The van der Waals surface area contributed by atoms with Crippen molar-refractivity contribution >= 4 is 17.7 Å². The van der Waals surface area contributed by atoms with Crippen LogP contribution in [0, 0.1) is 5.92 Å². The summed E-state index contributed by atoms with van der Waals surface area (Å²) < 4.78 is 0. The topological polar surface area (TPSA) is 118 Å². The van der Waals surface area contributed by atoms with Crippen LogP contribution in [0.4, 0.5) is 0 Å². The number of aliphatic carboxylic acids is 2. The predicted molar refractivity (Wildman–Crippen MR) is 91.8 cm³/mol. The molecule has 0 bridgehead atoms. The van der Waals surface area contributed by atoms with E-state index < -0.39 is 17.5 Å². The summed E-state index contributed by atoms with van der Waals surface area (Å²) in [5, 5.41) is 15.6. The van der Waals surface area contributed by atoms with Gasteiger partial charge in [-0.3, -0.25) is 4.79 Å². The Labute approximate surface area is 142 Å². The third-order valence-electron chi connectivity index (χ3n) is 3.22. The molecule has 0 aliphatic heterocycles. The number of rotatable bonds is 7. The van der Waals surface area contributed by atoms with Gasteiger partial charge in [0.2, 0.25) is 0 Å². The lowest BCUT2D eigenvalue weighted by Crippen LogP contribution is -2.45. The highest BCUT2D eigenvalue weighted by atomic mass is 16.4. The normalized spacial score (nSPS) is 12.2. The quantitative estimate of drug-likeness (QED) is 0.521. The highest BCUT2D eigenvalue weighted by molar-refractivity contribution is 5.98. The van der Waals surface area contributed by atoms with Gasteiger partial charge in [0.1, 0.15) is 0 Å². The minimum Gasteiger partial charge on any atom is -0.478 e. The Balaban J connectivity index is 0.000000561. The van der Waals surface area contributed by atoms with Crippen LogP contribution in [0.2, 0.25) is 0 Å². The van der Waals surface area contributed by atoms with E-state index in [-0.39, 0.29) is 11.7 Å². The number of ketones is 1. The molecule has 0 heterocycles. The van der Waals surface area contributed by atoms with E-state index in [1.54, 1.807) is 0 Å². The first kappa shape index (κ1) is 21.5. The number of benzene rings is 1. The third kappa shape index (κ3) is 8.85. The van der Waals surface area contributed by atoms with E-state index in [9.17, 15) is 14.4 Å². The monoisotopic (exact) mass is 335 g/mol. The molecule has 1 aromatic carbocycles. The number of carboxylic acid groups (broad SMARTS) is 2. The third-order valence-corrected chi connectivity index (χ3v) is 3.22. The maximum Gasteiger partial charge on any atom is 0.328 e. The first-order valence-electron chi connectivity index (χ1n) is 7.61. The van der Waals surface area contributed by atoms with Crippen molar-refractivity contribution in [3.8, 4) is 0 Å². The van der Waals surface area contributed by atoms with Crippen molar-refractivity contribution in [2.24, 2.45) is 11.7 Å². The zero-order valence-corrected chi connectivity index (χ0v) is 14.2. The number of carboxylic acids is 2. The van der Waals surface area contributed by atoms with Crippen molar-refractivity contribution in [2.45, 2.75) is 39.2 Å². The van der Waals surface area contributed by atoms with Gasteiger partial charge in [0.05, 0.1) is 0 Å². The zero-order chi connectivity index (χ0) is 18.8. The van der Waals surface area contributed by atoms with Crippen LogP contribution >= 0.6 is 0 Å². The van der Waals surface area contributed by atoms with Gasteiger partial charge in [-0.15, -0.1) is 0 Å². The Hall–Kier alpha value is -2.47. The fraction of sp³-hybridized carbons (Fsp3) is 0.389. The average Bonchev–Trinajstić information content (AvgIpc) is 2.50. The maximum absolute atomic E-state index is 12.3. The Morgan fingerprint density at radius 3 is 1.88 bits per heavy atom. The Bertz CT molecular complexity index is 557. The van der Waals surface area contributed by atoms with E-state index in [0.29, 0.717) is 12.2 Å². The van der Waals surface area contributed by atoms with Crippen LogP contribution in [0.3, 0.4) is 0 Å². The molecule has 24 heavy (non-hydrogen) atoms. The van der Waals surface area contributed by atoms with Gasteiger partial charge in [0.25, 0.3) is 0 Å². The van der Waals surface area contributed by atoms with Crippen LogP contribution in [-0.4, -0.2) is 33.5 Å². The van der Waals surface area contributed by atoms with Crippen molar-refractivity contribution in [3.05, 3.63) is 48.0 Å². The molecule has 1 aromatic rings.